The standard InChI is InChI=1S/C23H14N4O6S/c28-23(29)22-21(13-2-4-16-17(8-13)25-34-24-16)15-9-14(27(30)31)3-5-18(15)26(22)10-12-1-6-19-20(7-12)33-11-32-19/h1-9H,10-11H2,(H,28,29). The predicted octanol–water partition coefficient (Wildman–Crippen LogP) is 4.70. The molecule has 0 atom stereocenters. The van der Waals surface area contributed by atoms with Crippen LogP contribution in [0.15, 0.2) is 54.6 Å². The number of rotatable bonds is 5. The van der Waals surface area contributed by atoms with Gasteiger partial charge >= 0.3 is 5.97 Å². The fraction of sp³-hybridized carbons (Fsp3) is 0.0870. The van der Waals surface area contributed by atoms with Crippen molar-refractivity contribution >= 4 is 45.3 Å². The van der Waals surface area contributed by atoms with Crippen LogP contribution in [0.1, 0.15) is 16.1 Å². The van der Waals surface area contributed by atoms with E-state index in [-0.39, 0.29) is 24.7 Å². The number of benzene rings is 3. The molecule has 1 N–H and O–H groups in total. The summed E-state index contributed by atoms with van der Waals surface area (Å²) in [5, 5.41) is 22.2. The normalized spacial score (nSPS) is 12.5. The first-order chi connectivity index (χ1) is 16.5. The first-order valence-corrected chi connectivity index (χ1v) is 10.9. The maximum atomic E-state index is 12.6. The Balaban J connectivity index is 1.61. The second-order valence-electron chi connectivity index (χ2n) is 7.73. The summed E-state index contributed by atoms with van der Waals surface area (Å²) >= 11 is 1.06. The molecule has 0 spiro atoms. The van der Waals surface area contributed by atoms with E-state index in [0.29, 0.717) is 44.6 Å². The molecule has 0 saturated carbocycles. The highest BCUT2D eigenvalue weighted by Gasteiger charge is 2.26. The Morgan fingerprint density at radius 1 is 1.06 bits per heavy atom. The maximum Gasteiger partial charge on any atom is 0.353 e. The summed E-state index contributed by atoms with van der Waals surface area (Å²) in [6.07, 6.45) is 0. The lowest BCUT2D eigenvalue weighted by atomic mass is 10.0. The number of nitro benzene ring substituents is 1. The number of non-ortho nitro benzene ring substituents is 1. The number of aromatic carboxylic acids is 1. The number of carboxylic acid groups (broad SMARTS) is 1. The molecule has 3 heterocycles. The summed E-state index contributed by atoms with van der Waals surface area (Å²) in [6, 6.07) is 15.1. The first kappa shape index (κ1) is 20.1. The van der Waals surface area contributed by atoms with Crippen molar-refractivity contribution in [2.45, 2.75) is 6.54 Å². The zero-order valence-corrected chi connectivity index (χ0v) is 18.1. The monoisotopic (exact) mass is 474 g/mol. The van der Waals surface area contributed by atoms with Gasteiger partial charge in [-0.05, 0) is 41.5 Å². The van der Waals surface area contributed by atoms with E-state index in [1.54, 1.807) is 41.0 Å². The lowest BCUT2D eigenvalue weighted by Crippen LogP contribution is -2.10. The number of aromatic nitrogens is 3. The molecule has 0 aliphatic carbocycles. The van der Waals surface area contributed by atoms with Crippen molar-refractivity contribution in [3.05, 3.63) is 76.0 Å². The Labute approximate surface area is 195 Å². The zero-order chi connectivity index (χ0) is 23.4. The fourth-order valence-electron chi connectivity index (χ4n) is 4.29. The highest BCUT2D eigenvalue weighted by atomic mass is 32.1. The lowest BCUT2D eigenvalue weighted by molar-refractivity contribution is -0.384. The quantitative estimate of drug-likeness (QED) is 0.287. The molecule has 11 heteroatoms. The van der Waals surface area contributed by atoms with E-state index in [4.69, 9.17) is 9.47 Å². The van der Waals surface area contributed by atoms with Gasteiger partial charge in [-0.15, -0.1) is 0 Å². The third kappa shape index (κ3) is 3.13. The van der Waals surface area contributed by atoms with Crippen LogP contribution in [0, 0.1) is 10.1 Å². The van der Waals surface area contributed by atoms with Crippen molar-refractivity contribution in [1.29, 1.82) is 0 Å². The van der Waals surface area contributed by atoms with Crippen molar-refractivity contribution in [1.82, 2.24) is 13.3 Å². The summed E-state index contributed by atoms with van der Waals surface area (Å²) in [4.78, 5) is 23.6. The van der Waals surface area contributed by atoms with Crippen LogP contribution in [0.2, 0.25) is 0 Å². The first-order valence-electron chi connectivity index (χ1n) is 10.1. The molecule has 5 aromatic rings. The number of nitrogens with zero attached hydrogens (tertiary/aromatic N) is 4. The largest absolute Gasteiger partial charge is 0.477 e. The Morgan fingerprint density at radius 2 is 1.88 bits per heavy atom. The second-order valence-corrected chi connectivity index (χ2v) is 8.26. The number of hydrogen-bond acceptors (Lipinski definition) is 8. The van der Waals surface area contributed by atoms with E-state index < -0.39 is 10.9 Å². The number of hydrogen-bond donors (Lipinski definition) is 1. The maximum absolute atomic E-state index is 12.6. The molecule has 3 aromatic carbocycles. The predicted molar refractivity (Wildman–Crippen MR) is 124 cm³/mol. The Bertz CT molecular complexity index is 1640. The van der Waals surface area contributed by atoms with E-state index in [0.717, 1.165) is 17.3 Å². The van der Waals surface area contributed by atoms with Crippen molar-refractivity contribution in [3.8, 4) is 22.6 Å². The van der Waals surface area contributed by atoms with E-state index in [1.807, 2.05) is 6.07 Å². The molecule has 2 aromatic heterocycles. The third-order valence-corrected chi connectivity index (χ3v) is 6.34. The Morgan fingerprint density at radius 3 is 2.71 bits per heavy atom. The SMILES string of the molecule is O=C(O)c1c(-c2ccc3nsnc3c2)c2cc([N+](=O)[O-])ccc2n1Cc1ccc2c(c1)OCO2. The molecule has 0 radical (unpaired) electrons. The van der Waals surface area contributed by atoms with Crippen molar-refractivity contribution in [2.24, 2.45) is 0 Å². The van der Waals surface area contributed by atoms with Gasteiger partial charge in [-0.3, -0.25) is 10.1 Å². The van der Waals surface area contributed by atoms with Gasteiger partial charge < -0.3 is 19.1 Å². The van der Waals surface area contributed by atoms with E-state index in [9.17, 15) is 20.0 Å². The number of ether oxygens (including phenoxy) is 2. The summed E-state index contributed by atoms with van der Waals surface area (Å²) in [5.41, 5.74) is 3.56. The van der Waals surface area contributed by atoms with Crippen LogP contribution < -0.4 is 9.47 Å². The van der Waals surface area contributed by atoms with Crippen molar-refractivity contribution < 1.29 is 24.3 Å². The molecule has 0 fully saturated rings. The third-order valence-electron chi connectivity index (χ3n) is 5.78. The molecule has 10 nitrogen and oxygen atoms in total. The minimum atomic E-state index is -1.15. The Kier molecular flexibility index (Phi) is 4.45. The molecule has 1 aliphatic rings. The molecule has 1 aliphatic heterocycles. The van der Waals surface area contributed by atoms with Crippen LogP contribution in [0.5, 0.6) is 11.5 Å². The van der Waals surface area contributed by atoms with E-state index >= 15 is 0 Å². The van der Waals surface area contributed by atoms with Gasteiger partial charge in [-0.1, -0.05) is 12.1 Å². The molecule has 0 amide bonds. The van der Waals surface area contributed by atoms with Crippen LogP contribution in [0.4, 0.5) is 5.69 Å². The molecule has 0 saturated heterocycles. The van der Waals surface area contributed by atoms with Gasteiger partial charge in [0.15, 0.2) is 11.5 Å². The number of carboxylic acids is 1. The summed E-state index contributed by atoms with van der Waals surface area (Å²) in [7, 11) is 0. The minimum absolute atomic E-state index is 0.0238. The van der Waals surface area contributed by atoms with E-state index in [1.165, 1.54) is 12.1 Å². The van der Waals surface area contributed by atoms with Gasteiger partial charge in [0.2, 0.25) is 6.79 Å². The minimum Gasteiger partial charge on any atom is -0.477 e. The van der Waals surface area contributed by atoms with Crippen molar-refractivity contribution in [2.75, 3.05) is 6.79 Å². The number of fused-ring (bicyclic) bond motifs is 3. The number of carbonyl (C=O) groups is 1. The van der Waals surface area contributed by atoms with Crippen LogP contribution in [0.25, 0.3) is 33.1 Å². The highest BCUT2D eigenvalue weighted by molar-refractivity contribution is 7.00. The van der Waals surface area contributed by atoms with Crippen LogP contribution in [-0.2, 0) is 6.54 Å². The highest BCUT2D eigenvalue weighted by Crippen LogP contribution is 2.39. The average Bonchev–Trinajstić information content (AvgIpc) is 3.55. The van der Waals surface area contributed by atoms with Crippen LogP contribution >= 0.6 is 11.7 Å². The van der Waals surface area contributed by atoms with Gasteiger partial charge in [-0.25, -0.2) is 4.79 Å². The van der Waals surface area contributed by atoms with Crippen molar-refractivity contribution in [3.63, 3.8) is 0 Å². The molecule has 34 heavy (non-hydrogen) atoms. The number of nitro groups is 1. The van der Waals surface area contributed by atoms with Gasteiger partial charge in [0, 0.05) is 29.6 Å². The smallest absolute Gasteiger partial charge is 0.353 e. The second kappa shape index (κ2) is 7.52. The molecular formula is C23H14N4O6S. The zero-order valence-electron chi connectivity index (χ0n) is 17.3. The molecule has 0 unspecified atom stereocenters. The molecular weight excluding hydrogens is 460 g/mol. The van der Waals surface area contributed by atoms with Crippen LogP contribution in [-0.4, -0.2) is 36.1 Å². The fourth-order valence-corrected chi connectivity index (χ4v) is 4.81. The summed E-state index contributed by atoms with van der Waals surface area (Å²) < 4.78 is 20.9. The van der Waals surface area contributed by atoms with E-state index in [2.05, 4.69) is 8.75 Å². The van der Waals surface area contributed by atoms with Gasteiger partial charge in [-0.2, -0.15) is 8.75 Å². The molecule has 0 bridgehead atoms. The topological polar surface area (TPSA) is 130 Å². The van der Waals surface area contributed by atoms with Gasteiger partial charge in [0.05, 0.1) is 22.2 Å². The molecule has 168 valence electrons. The summed E-state index contributed by atoms with van der Waals surface area (Å²) in [6.45, 7) is 0.348. The lowest BCUT2D eigenvalue weighted by Gasteiger charge is -2.10. The van der Waals surface area contributed by atoms with Gasteiger partial charge in [0.25, 0.3) is 5.69 Å². The van der Waals surface area contributed by atoms with Crippen LogP contribution in [0.3, 0.4) is 0 Å². The average molecular weight is 474 g/mol. The molecule has 6 rings (SSSR count). The Hall–Kier alpha value is -4.51. The summed E-state index contributed by atoms with van der Waals surface area (Å²) in [5.74, 6) is 0.0651. The van der Waals surface area contributed by atoms with Gasteiger partial charge in [0.1, 0.15) is 16.7 Å².